The molecule has 8 heteroatoms. The van der Waals surface area contributed by atoms with E-state index < -0.39 is 30.1 Å². The largest absolute Gasteiger partial charge is 0.450 e. The Balaban J connectivity index is 0.980. The van der Waals surface area contributed by atoms with E-state index >= 15 is 0 Å². The molecule has 0 spiro atoms. The van der Waals surface area contributed by atoms with Gasteiger partial charge in [0.25, 0.3) is 0 Å². The van der Waals surface area contributed by atoms with Crippen molar-refractivity contribution in [3.05, 3.63) is 233 Å². The predicted molar refractivity (Wildman–Crippen MR) is 244 cm³/mol. The summed E-state index contributed by atoms with van der Waals surface area (Å²) in [7, 11) is 0. The molecule has 0 aliphatic heterocycles. The number of rotatable bonds is 14. The van der Waals surface area contributed by atoms with Gasteiger partial charge in [-0.05, 0) is 88.7 Å². The number of carbonyl (C=O) groups excluding carboxylic acids is 3. The van der Waals surface area contributed by atoms with Gasteiger partial charge in [-0.3, -0.25) is 0 Å². The van der Waals surface area contributed by atoms with Gasteiger partial charge in [0.1, 0.15) is 0 Å². The number of ether oxygens (including phenoxy) is 3. The van der Waals surface area contributed by atoms with Crippen LogP contribution in [-0.2, 0) is 15.9 Å². The van der Waals surface area contributed by atoms with E-state index in [1.807, 2.05) is 134 Å². The Kier molecular flexibility index (Phi) is 13.0. The second kappa shape index (κ2) is 19.6. The van der Waals surface area contributed by atoms with Crippen LogP contribution in [0.25, 0.3) is 33.6 Å². The highest BCUT2D eigenvalue weighted by molar-refractivity contribution is 5.92. The molecule has 0 N–H and O–H groups in total. The quantitative estimate of drug-likeness (QED) is 0.0998. The molecule has 0 saturated heterocycles. The van der Waals surface area contributed by atoms with Gasteiger partial charge in [0, 0.05) is 5.56 Å². The molecule has 0 fully saturated rings. The first-order valence-electron chi connectivity index (χ1n) is 20.8. The molecule has 0 radical (unpaired) electrons. The molecule has 8 rings (SSSR count). The zero-order valence-corrected chi connectivity index (χ0v) is 34.9. The van der Waals surface area contributed by atoms with E-state index in [0.29, 0.717) is 33.6 Å². The van der Waals surface area contributed by atoms with Gasteiger partial charge in [0.15, 0.2) is 23.8 Å². The van der Waals surface area contributed by atoms with Gasteiger partial charge in [-0.2, -0.15) is 0 Å². The summed E-state index contributed by atoms with van der Waals surface area (Å²) in [6.07, 6.45) is 2.99. The summed E-state index contributed by atoms with van der Waals surface area (Å²) < 4.78 is 18.1. The van der Waals surface area contributed by atoms with Crippen LogP contribution in [0, 0.1) is 6.92 Å². The standard InChI is InChI=1S/C55H44N2O6/c1-3-11-38-20-24-45(25-21-38)53(58)61-49-35-56-52(57-36-49)44-30-26-41(27-31-44)47-16-10-17-48(34-47)55(60)63-51(43-14-8-5-9-15-43)50(42-12-6-4-7-13-42)62-54(59)46-32-28-40(29-33-46)39-22-18-37(2)19-23-39/h4-10,12-36,50-51H,3,11H2,1-2H3. The van der Waals surface area contributed by atoms with E-state index in [-0.39, 0.29) is 5.75 Å². The van der Waals surface area contributed by atoms with E-state index in [1.54, 1.807) is 42.5 Å². The van der Waals surface area contributed by atoms with Crippen LogP contribution in [-0.4, -0.2) is 27.9 Å². The van der Waals surface area contributed by atoms with E-state index in [0.717, 1.165) is 40.7 Å². The van der Waals surface area contributed by atoms with Crippen molar-refractivity contribution < 1.29 is 28.6 Å². The predicted octanol–water partition coefficient (Wildman–Crippen LogP) is 12.5. The number of hydrogen-bond acceptors (Lipinski definition) is 8. The number of esters is 3. The van der Waals surface area contributed by atoms with Crippen molar-refractivity contribution in [1.29, 1.82) is 0 Å². The monoisotopic (exact) mass is 828 g/mol. The van der Waals surface area contributed by atoms with Crippen LogP contribution in [0.1, 0.15) is 78.9 Å². The number of aromatic nitrogens is 2. The van der Waals surface area contributed by atoms with Crippen molar-refractivity contribution in [3.63, 3.8) is 0 Å². The third kappa shape index (κ3) is 10.3. The Morgan fingerprint density at radius 1 is 0.476 bits per heavy atom. The lowest BCUT2D eigenvalue weighted by Crippen LogP contribution is -2.23. The van der Waals surface area contributed by atoms with Crippen LogP contribution >= 0.6 is 0 Å². The molecular formula is C55H44N2O6. The molecule has 2 atom stereocenters. The van der Waals surface area contributed by atoms with Crippen molar-refractivity contribution in [2.45, 2.75) is 38.9 Å². The Hall–Kier alpha value is -7.97. The third-order valence-electron chi connectivity index (χ3n) is 10.6. The van der Waals surface area contributed by atoms with Gasteiger partial charge in [-0.25, -0.2) is 24.4 Å². The molecule has 0 bridgehead atoms. The van der Waals surface area contributed by atoms with Crippen molar-refractivity contribution in [1.82, 2.24) is 9.97 Å². The fraction of sp³-hybridized carbons (Fsp3) is 0.109. The lowest BCUT2D eigenvalue weighted by Gasteiger charge is -2.28. The van der Waals surface area contributed by atoms with Gasteiger partial charge in [0.2, 0.25) is 0 Å². The lowest BCUT2D eigenvalue weighted by molar-refractivity contribution is -0.0388. The Labute approximate surface area is 366 Å². The molecule has 310 valence electrons. The van der Waals surface area contributed by atoms with Gasteiger partial charge < -0.3 is 14.2 Å². The molecule has 8 nitrogen and oxygen atoms in total. The average molecular weight is 829 g/mol. The van der Waals surface area contributed by atoms with Crippen LogP contribution in [0.4, 0.5) is 0 Å². The fourth-order valence-corrected chi connectivity index (χ4v) is 7.22. The van der Waals surface area contributed by atoms with E-state index in [1.165, 1.54) is 23.5 Å². The molecule has 2 unspecified atom stereocenters. The first kappa shape index (κ1) is 41.8. The molecule has 7 aromatic carbocycles. The van der Waals surface area contributed by atoms with Crippen molar-refractivity contribution in [3.8, 4) is 39.4 Å². The summed E-state index contributed by atoms with van der Waals surface area (Å²) in [5.74, 6) is -0.897. The fourth-order valence-electron chi connectivity index (χ4n) is 7.22. The van der Waals surface area contributed by atoms with Crippen molar-refractivity contribution >= 4 is 17.9 Å². The summed E-state index contributed by atoms with van der Waals surface area (Å²) in [5.41, 5.74) is 9.25. The number of benzene rings is 7. The maximum atomic E-state index is 14.1. The number of aryl methyl sites for hydroxylation is 2. The Morgan fingerprint density at radius 2 is 0.952 bits per heavy atom. The molecule has 0 aliphatic rings. The smallest absolute Gasteiger partial charge is 0.343 e. The first-order valence-corrected chi connectivity index (χ1v) is 20.8. The van der Waals surface area contributed by atoms with Gasteiger partial charge in [-0.15, -0.1) is 0 Å². The maximum Gasteiger partial charge on any atom is 0.343 e. The summed E-state index contributed by atoms with van der Waals surface area (Å²) in [6.45, 7) is 4.15. The normalized spacial score (nSPS) is 11.8. The van der Waals surface area contributed by atoms with Crippen LogP contribution in [0.2, 0.25) is 0 Å². The second-order valence-corrected chi connectivity index (χ2v) is 15.2. The van der Waals surface area contributed by atoms with Crippen LogP contribution < -0.4 is 4.74 Å². The molecule has 0 amide bonds. The zero-order valence-electron chi connectivity index (χ0n) is 34.9. The lowest BCUT2D eigenvalue weighted by atomic mass is 9.97. The van der Waals surface area contributed by atoms with Gasteiger partial charge >= 0.3 is 17.9 Å². The summed E-state index contributed by atoms with van der Waals surface area (Å²) in [4.78, 5) is 49.6. The van der Waals surface area contributed by atoms with Gasteiger partial charge in [-0.1, -0.05) is 165 Å². The third-order valence-corrected chi connectivity index (χ3v) is 10.6. The Bertz CT molecular complexity index is 2790. The highest BCUT2D eigenvalue weighted by Gasteiger charge is 2.33. The minimum Gasteiger partial charge on any atom is -0.450 e. The summed E-state index contributed by atoms with van der Waals surface area (Å²) >= 11 is 0. The zero-order chi connectivity index (χ0) is 43.5. The van der Waals surface area contributed by atoms with E-state index in [9.17, 15) is 14.4 Å². The maximum absolute atomic E-state index is 14.1. The van der Waals surface area contributed by atoms with Crippen LogP contribution in [0.15, 0.2) is 194 Å². The number of carbonyl (C=O) groups is 3. The van der Waals surface area contributed by atoms with Crippen molar-refractivity contribution in [2.75, 3.05) is 0 Å². The first-order chi connectivity index (χ1) is 30.8. The summed E-state index contributed by atoms with van der Waals surface area (Å²) in [6, 6.07) is 56.3. The van der Waals surface area contributed by atoms with Crippen LogP contribution in [0.3, 0.4) is 0 Å². The topological polar surface area (TPSA) is 105 Å². The highest BCUT2D eigenvalue weighted by Crippen LogP contribution is 2.37. The van der Waals surface area contributed by atoms with Crippen LogP contribution in [0.5, 0.6) is 5.75 Å². The Morgan fingerprint density at radius 3 is 1.52 bits per heavy atom. The molecule has 0 aliphatic carbocycles. The number of nitrogens with zero attached hydrogens (tertiary/aromatic N) is 2. The number of hydrogen-bond donors (Lipinski definition) is 0. The molecule has 1 aromatic heterocycles. The molecule has 8 aromatic rings. The molecule has 1 heterocycles. The SMILES string of the molecule is CCCc1ccc(C(=O)Oc2cnc(-c3ccc(-c4cccc(C(=O)OC(c5ccccc5)C(OC(=O)c5ccc(-c6ccc(C)cc6)cc5)c5ccccc5)c4)cc3)nc2)cc1. The minimum absolute atomic E-state index is 0.244. The van der Waals surface area contributed by atoms with Gasteiger partial charge in [0.05, 0.1) is 29.1 Å². The van der Waals surface area contributed by atoms with E-state index in [4.69, 9.17) is 14.2 Å². The second-order valence-electron chi connectivity index (χ2n) is 15.2. The molecule has 0 saturated carbocycles. The highest BCUT2D eigenvalue weighted by atomic mass is 16.6. The van der Waals surface area contributed by atoms with Crippen molar-refractivity contribution in [2.24, 2.45) is 0 Å². The minimum atomic E-state index is -0.980. The molecular weight excluding hydrogens is 785 g/mol. The average Bonchev–Trinajstić information content (AvgIpc) is 3.34. The van der Waals surface area contributed by atoms with E-state index in [2.05, 4.69) is 29.0 Å². The summed E-state index contributed by atoms with van der Waals surface area (Å²) in [5, 5.41) is 0. The molecule has 63 heavy (non-hydrogen) atoms.